The summed E-state index contributed by atoms with van der Waals surface area (Å²) in [7, 11) is 0. The maximum atomic E-state index is 13.8. The van der Waals surface area contributed by atoms with Gasteiger partial charge < -0.3 is 19.2 Å². The second-order valence-corrected chi connectivity index (χ2v) is 9.97. The van der Waals surface area contributed by atoms with E-state index in [0.29, 0.717) is 22.8 Å². The van der Waals surface area contributed by atoms with Crippen LogP contribution >= 0.6 is 11.6 Å². The number of aromatic nitrogens is 1. The molecule has 33 heavy (non-hydrogen) atoms. The van der Waals surface area contributed by atoms with Gasteiger partial charge in [0.05, 0.1) is 18.3 Å². The van der Waals surface area contributed by atoms with Crippen LogP contribution in [0.25, 0.3) is 11.1 Å². The van der Waals surface area contributed by atoms with Gasteiger partial charge in [0.15, 0.2) is 5.58 Å². The Balaban J connectivity index is 1.50. The first kappa shape index (κ1) is 22.1. The van der Waals surface area contributed by atoms with Crippen molar-refractivity contribution >= 4 is 34.5 Å². The average Bonchev–Trinajstić information content (AvgIpc) is 3.36. The SMILES string of the molecule is CC1(C(=O)NC2CCCCCCC2)Cn2c(cc3occc32)C(=O)N1Cc1ccccc1Cl. The molecule has 0 radical (unpaired) electrons. The third kappa shape index (κ3) is 4.05. The quantitative estimate of drug-likeness (QED) is 0.548. The molecule has 0 saturated heterocycles. The molecule has 1 N–H and O–H groups in total. The van der Waals surface area contributed by atoms with Crippen LogP contribution in [0.2, 0.25) is 5.02 Å². The summed E-state index contributed by atoms with van der Waals surface area (Å²) in [5, 5.41) is 3.90. The van der Waals surface area contributed by atoms with Crippen LogP contribution in [0.15, 0.2) is 47.1 Å². The van der Waals surface area contributed by atoms with Crippen LogP contribution in [0.4, 0.5) is 0 Å². The molecule has 7 heteroatoms. The van der Waals surface area contributed by atoms with Gasteiger partial charge in [0.25, 0.3) is 5.91 Å². The van der Waals surface area contributed by atoms with Crippen molar-refractivity contribution in [1.29, 1.82) is 0 Å². The lowest BCUT2D eigenvalue weighted by Crippen LogP contribution is -2.64. The van der Waals surface area contributed by atoms with E-state index >= 15 is 0 Å². The fraction of sp³-hybridized carbons (Fsp3) is 0.462. The van der Waals surface area contributed by atoms with E-state index in [0.717, 1.165) is 36.8 Å². The largest absolute Gasteiger partial charge is 0.463 e. The highest BCUT2D eigenvalue weighted by atomic mass is 35.5. The molecule has 6 nitrogen and oxygen atoms in total. The summed E-state index contributed by atoms with van der Waals surface area (Å²) in [6, 6.07) is 11.2. The zero-order valence-corrected chi connectivity index (χ0v) is 19.7. The molecule has 3 aromatic rings. The summed E-state index contributed by atoms with van der Waals surface area (Å²) >= 11 is 6.44. The van der Waals surface area contributed by atoms with E-state index in [-0.39, 0.29) is 24.4 Å². The molecule has 174 valence electrons. The van der Waals surface area contributed by atoms with Gasteiger partial charge in [0.2, 0.25) is 5.91 Å². The van der Waals surface area contributed by atoms with E-state index < -0.39 is 5.54 Å². The molecule has 2 aromatic heterocycles. The summed E-state index contributed by atoms with van der Waals surface area (Å²) in [5.74, 6) is -0.299. The minimum absolute atomic E-state index is 0.107. The number of fused-ring (bicyclic) bond motifs is 3. The molecule has 2 aliphatic rings. The first-order chi connectivity index (χ1) is 16.0. The zero-order valence-electron chi connectivity index (χ0n) is 19.0. The van der Waals surface area contributed by atoms with Crippen LogP contribution in [0.5, 0.6) is 0 Å². The second-order valence-electron chi connectivity index (χ2n) is 9.56. The highest BCUT2D eigenvalue weighted by Crippen LogP contribution is 2.35. The number of halogens is 1. The number of carbonyl (C=O) groups is 2. The Morgan fingerprint density at radius 2 is 1.88 bits per heavy atom. The van der Waals surface area contributed by atoms with Crippen LogP contribution in [0, 0.1) is 0 Å². The van der Waals surface area contributed by atoms with Gasteiger partial charge in [-0.15, -0.1) is 0 Å². The maximum Gasteiger partial charge on any atom is 0.271 e. The summed E-state index contributed by atoms with van der Waals surface area (Å²) in [6.07, 6.45) is 9.54. The van der Waals surface area contributed by atoms with Crippen LogP contribution in [-0.2, 0) is 17.9 Å². The molecular formula is C26H30ClN3O3. The highest BCUT2D eigenvalue weighted by Gasteiger charge is 2.48. The Bertz CT molecular complexity index is 1170. The summed E-state index contributed by atoms with van der Waals surface area (Å²) in [5.41, 5.74) is 1.78. The molecule has 1 atom stereocenters. The molecule has 1 unspecified atom stereocenters. The highest BCUT2D eigenvalue weighted by molar-refractivity contribution is 6.31. The lowest BCUT2D eigenvalue weighted by Gasteiger charge is -2.44. The van der Waals surface area contributed by atoms with Gasteiger partial charge in [-0.1, -0.05) is 61.9 Å². The third-order valence-corrected chi connectivity index (χ3v) is 7.63. The Morgan fingerprint density at radius 1 is 1.15 bits per heavy atom. The molecular weight excluding hydrogens is 438 g/mol. The van der Waals surface area contributed by atoms with E-state index in [1.807, 2.05) is 41.8 Å². The number of hydrogen-bond acceptors (Lipinski definition) is 3. The van der Waals surface area contributed by atoms with Crippen molar-refractivity contribution < 1.29 is 14.0 Å². The maximum absolute atomic E-state index is 13.8. The first-order valence-electron chi connectivity index (χ1n) is 11.9. The molecule has 1 fully saturated rings. The average molecular weight is 468 g/mol. The van der Waals surface area contributed by atoms with Crippen molar-refractivity contribution in [1.82, 2.24) is 14.8 Å². The van der Waals surface area contributed by atoms with E-state index in [9.17, 15) is 9.59 Å². The fourth-order valence-corrected chi connectivity index (χ4v) is 5.45. The lowest BCUT2D eigenvalue weighted by atomic mass is 9.91. The number of hydrogen-bond donors (Lipinski definition) is 1. The Hall–Kier alpha value is -2.73. The van der Waals surface area contributed by atoms with Crippen LogP contribution in [0.3, 0.4) is 0 Å². The van der Waals surface area contributed by atoms with Crippen molar-refractivity contribution in [2.24, 2.45) is 0 Å². The van der Waals surface area contributed by atoms with Gasteiger partial charge in [-0.25, -0.2) is 0 Å². The topological polar surface area (TPSA) is 67.5 Å². The number of nitrogens with zero attached hydrogens (tertiary/aromatic N) is 2. The number of benzene rings is 1. The van der Waals surface area contributed by atoms with Crippen LogP contribution in [0.1, 0.15) is 67.9 Å². The zero-order chi connectivity index (χ0) is 23.0. The van der Waals surface area contributed by atoms with Gasteiger partial charge in [-0.05, 0) is 31.4 Å². The molecule has 0 bridgehead atoms. The third-order valence-electron chi connectivity index (χ3n) is 7.26. The van der Waals surface area contributed by atoms with Crippen LogP contribution < -0.4 is 5.32 Å². The Labute approximate surface area is 198 Å². The Kier molecular flexibility index (Phi) is 5.95. The number of carbonyl (C=O) groups excluding carboxylic acids is 2. The normalized spacial score (nSPS) is 22.1. The molecule has 1 aliphatic carbocycles. The van der Waals surface area contributed by atoms with Crippen molar-refractivity contribution in [3.05, 3.63) is 58.9 Å². The van der Waals surface area contributed by atoms with Gasteiger partial charge in [0.1, 0.15) is 11.2 Å². The molecule has 1 saturated carbocycles. The number of rotatable bonds is 4. The smallest absolute Gasteiger partial charge is 0.271 e. The number of nitrogens with one attached hydrogen (secondary N) is 1. The second kappa shape index (κ2) is 8.90. The standard InChI is InChI=1S/C26H30ClN3O3/c1-26(25(32)28-19-10-5-3-2-4-6-11-19)17-29-21-13-14-33-23(21)15-22(29)24(31)30(26)16-18-9-7-8-12-20(18)27/h7-9,12-15,19H,2-6,10-11,16-17H2,1H3,(H,28,32). The molecule has 1 aromatic carbocycles. The first-order valence-corrected chi connectivity index (χ1v) is 12.3. The Morgan fingerprint density at radius 3 is 2.64 bits per heavy atom. The van der Waals surface area contributed by atoms with E-state index in [2.05, 4.69) is 5.32 Å². The van der Waals surface area contributed by atoms with Crippen molar-refractivity contribution in [3.8, 4) is 0 Å². The van der Waals surface area contributed by atoms with Crippen molar-refractivity contribution in [3.63, 3.8) is 0 Å². The van der Waals surface area contributed by atoms with Crippen LogP contribution in [-0.4, -0.2) is 32.9 Å². The van der Waals surface area contributed by atoms with E-state index in [1.165, 1.54) is 19.3 Å². The predicted octanol–water partition coefficient (Wildman–Crippen LogP) is 5.53. The van der Waals surface area contributed by atoms with Crippen molar-refractivity contribution in [2.45, 2.75) is 76.5 Å². The monoisotopic (exact) mass is 467 g/mol. The van der Waals surface area contributed by atoms with Gasteiger partial charge in [-0.2, -0.15) is 0 Å². The molecule has 2 amide bonds. The van der Waals surface area contributed by atoms with Crippen molar-refractivity contribution in [2.75, 3.05) is 0 Å². The van der Waals surface area contributed by atoms with E-state index in [4.69, 9.17) is 16.0 Å². The van der Waals surface area contributed by atoms with Gasteiger partial charge >= 0.3 is 0 Å². The van der Waals surface area contributed by atoms with Gasteiger partial charge in [0, 0.05) is 29.7 Å². The minimum atomic E-state index is -1.06. The molecule has 1 aliphatic heterocycles. The van der Waals surface area contributed by atoms with Gasteiger partial charge in [-0.3, -0.25) is 9.59 Å². The summed E-state index contributed by atoms with van der Waals surface area (Å²) in [4.78, 5) is 29.3. The number of furan rings is 1. The van der Waals surface area contributed by atoms with E-state index in [1.54, 1.807) is 17.2 Å². The summed E-state index contributed by atoms with van der Waals surface area (Å²) < 4.78 is 7.47. The molecule has 5 rings (SSSR count). The minimum Gasteiger partial charge on any atom is -0.463 e. The molecule has 0 spiro atoms. The lowest BCUT2D eigenvalue weighted by molar-refractivity contribution is -0.134. The fourth-order valence-electron chi connectivity index (χ4n) is 5.26. The number of amides is 2. The predicted molar refractivity (Wildman–Crippen MR) is 128 cm³/mol. The summed E-state index contributed by atoms with van der Waals surface area (Å²) in [6.45, 7) is 2.49. The molecule has 3 heterocycles.